The fourth-order valence-electron chi connectivity index (χ4n) is 1.82. The summed E-state index contributed by atoms with van der Waals surface area (Å²) in [6.07, 6.45) is 0.0548. The van der Waals surface area contributed by atoms with E-state index in [1.54, 1.807) is 4.90 Å². The number of amides is 1. The highest BCUT2D eigenvalue weighted by molar-refractivity contribution is 5.80. The van der Waals surface area contributed by atoms with Crippen LogP contribution in [0.3, 0.4) is 0 Å². The van der Waals surface area contributed by atoms with Crippen LogP contribution in [0.15, 0.2) is 0 Å². The molecule has 0 saturated carbocycles. The minimum Gasteiger partial charge on any atom is -0.480 e. The van der Waals surface area contributed by atoms with Crippen molar-refractivity contribution in [2.24, 2.45) is 0 Å². The Morgan fingerprint density at radius 3 is 2.41 bits per heavy atom. The molecule has 1 aliphatic heterocycles. The van der Waals surface area contributed by atoms with E-state index in [1.807, 2.05) is 13.8 Å². The number of nitrogens with zero attached hydrogens (tertiary/aromatic N) is 1. The molecular formula is C11H20N2O4. The van der Waals surface area contributed by atoms with Crippen molar-refractivity contribution >= 4 is 11.9 Å². The molecule has 6 nitrogen and oxygen atoms in total. The van der Waals surface area contributed by atoms with E-state index in [2.05, 4.69) is 5.32 Å². The fraction of sp³-hybridized carbons (Fsp3) is 0.818. The molecule has 1 heterocycles. The number of carbonyl (C=O) groups excluding carboxylic acids is 1. The van der Waals surface area contributed by atoms with Crippen LogP contribution in [0.5, 0.6) is 0 Å². The summed E-state index contributed by atoms with van der Waals surface area (Å²) < 4.78 is 5.52. The van der Waals surface area contributed by atoms with Crippen molar-refractivity contribution in [3.63, 3.8) is 0 Å². The molecular weight excluding hydrogens is 224 g/mol. The standard InChI is InChI=1S/C11H20N2O4/c1-7-5-13(6-8(2)17-7)10(14)4-12-9(3)11(15)16/h7-9,12H,4-6H2,1-3H3,(H,15,16)/t7?,8?,9-/m1/s1. The number of hydrogen-bond acceptors (Lipinski definition) is 4. The number of carboxylic acids is 1. The maximum atomic E-state index is 11.8. The molecule has 0 bridgehead atoms. The summed E-state index contributed by atoms with van der Waals surface area (Å²) in [5.74, 6) is -1.04. The maximum absolute atomic E-state index is 11.8. The van der Waals surface area contributed by atoms with Gasteiger partial charge in [0.2, 0.25) is 5.91 Å². The van der Waals surface area contributed by atoms with E-state index < -0.39 is 12.0 Å². The van der Waals surface area contributed by atoms with Crippen molar-refractivity contribution in [1.82, 2.24) is 10.2 Å². The maximum Gasteiger partial charge on any atom is 0.320 e. The summed E-state index contributed by atoms with van der Waals surface area (Å²) in [4.78, 5) is 24.1. The van der Waals surface area contributed by atoms with Gasteiger partial charge >= 0.3 is 5.97 Å². The Labute approximate surface area is 101 Å². The molecule has 17 heavy (non-hydrogen) atoms. The molecule has 0 aliphatic carbocycles. The third-order valence-electron chi connectivity index (χ3n) is 2.70. The van der Waals surface area contributed by atoms with Gasteiger partial charge in [0.15, 0.2) is 0 Å². The van der Waals surface area contributed by atoms with Crippen LogP contribution in [-0.2, 0) is 14.3 Å². The van der Waals surface area contributed by atoms with Gasteiger partial charge in [0.1, 0.15) is 6.04 Å². The van der Waals surface area contributed by atoms with Gasteiger partial charge in [-0.05, 0) is 20.8 Å². The molecule has 0 aromatic carbocycles. The van der Waals surface area contributed by atoms with Crippen LogP contribution >= 0.6 is 0 Å². The SMILES string of the molecule is CC1CN(C(=O)CN[C@H](C)C(=O)O)CC(C)O1. The monoisotopic (exact) mass is 244 g/mol. The van der Waals surface area contributed by atoms with Gasteiger partial charge in [-0.1, -0.05) is 0 Å². The molecule has 0 aromatic rings. The first-order chi connectivity index (χ1) is 7.90. The number of nitrogens with one attached hydrogen (secondary N) is 1. The Morgan fingerprint density at radius 2 is 1.94 bits per heavy atom. The summed E-state index contributed by atoms with van der Waals surface area (Å²) in [7, 11) is 0. The van der Waals surface area contributed by atoms with Gasteiger partial charge in [-0.25, -0.2) is 0 Å². The van der Waals surface area contributed by atoms with E-state index in [-0.39, 0.29) is 24.7 Å². The van der Waals surface area contributed by atoms with Crippen molar-refractivity contribution in [1.29, 1.82) is 0 Å². The van der Waals surface area contributed by atoms with E-state index in [4.69, 9.17) is 9.84 Å². The summed E-state index contributed by atoms with van der Waals surface area (Å²) in [5, 5.41) is 11.4. The molecule has 1 saturated heterocycles. The molecule has 1 amide bonds. The molecule has 1 rings (SSSR count). The van der Waals surface area contributed by atoms with Crippen molar-refractivity contribution in [2.45, 2.75) is 39.0 Å². The van der Waals surface area contributed by atoms with Crippen LogP contribution in [0.2, 0.25) is 0 Å². The first-order valence-electron chi connectivity index (χ1n) is 5.79. The molecule has 0 aromatic heterocycles. The highest BCUT2D eigenvalue weighted by Crippen LogP contribution is 2.10. The number of hydrogen-bond donors (Lipinski definition) is 2. The minimum atomic E-state index is -0.957. The second-order valence-electron chi connectivity index (χ2n) is 4.50. The smallest absolute Gasteiger partial charge is 0.320 e. The Balaban J connectivity index is 2.39. The van der Waals surface area contributed by atoms with Crippen LogP contribution in [-0.4, -0.2) is 59.8 Å². The van der Waals surface area contributed by atoms with Gasteiger partial charge in [0, 0.05) is 13.1 Å². The van der Waals surface area contributed by atoms with E-state index in [9.17, 15) is 9.59 Å². The average molecular weight is 244 g/mol. The second kappa shape index (κ2) is 5.97. The van der Waals surface area contributed by atoms with E-state index >= 15 is 0 Å². The Morgan fingerprint density at radius 1 is 1.41 bits per heavy atom. The van der Waals surface area contributed by atoms with E-state index in [0.29, 0.717) is 13.1 Å². The van der Waals surface area contributed by atoms with Crippen LogP contribution in [0.1, 0.15) is 20.8 Å². The number of aliphatic carboxylic acids is 1. The normalized spacial score (nSPS) is 26.6. The Kier molecular flexibility index (Phi) is 4.89. The zero-order valence-electron chi connectivity index (χ0n) is 10.5. The topological polar surface area (TPSA) is 78.9 Å². The van der Waals surface area contributed by atoms with Crippen molar-refractivity contribution in [3.05, 3.63) is 0 Å². The molecule has 1 aliphatic rings. The number of ether oxygens (including phenoxy) is 1. The predicted molar refractivity (Wildman–Crippen MR) is 61.7 cm³/mol. The molecule has 6 heteroatoms. The fourth-order valence-corrected chi connectivity index (χ4v) is 1.82. The van der Waals surface area contributed by atoms with Gasteiger partial charge in [-0.3, -0.25) is 14.9 Å². The number of rotatable bonds is 4. The lowest BCUT2D eigenvalue weighted by Crippen LogP contribution is -2.51. The lowest BCUT2D eigenvalue weighted by Gasteiger charge is -2.35. The first-order valence-corrected chi connectivity index (χ1v) is 5.79. The van der Waals surface area contributed by atoms with Crippen LogP contribution < -0.4 is 5.32 Å². The van der Waals surface area contributed by atoms with Crippen molar-refractivity contribution in [3.8, 4) is 0 Å². The van der Waals surface area contributed by atoms with Gasteiger partial charge in [-0.15, -0.1) is 0 Å². The molecule has 98 valence electrons. The van der Waals surface area contributed by atoms with Gasteiger partial charge in [0.25, 0.3) is 0 Å². The van der Waals surface area contributed by atoms with E-state index in [1.165, 1.54) is 6.92 Å². The van der Waals surface area contributed by atoms with Crippen LogP contribution in [0.4, 0.5) is 0 Å². The number of morpholine rings is 1. The minimum absolute atomic E-state index is 0.0274. The van der Waals surface area contributed by atoms with Gasteiger partial charge in [-0.2, -0.15) is 0 Å². The highest BCUT2D eigenvalue weighted by Gasteiger charge is 2.26. The molecule has 0 radical (unpaired) electrons. The molecule has 3 atom stereocenters. The Bertz CT molecular complexity index is 285. The first kappa shape index (κ1) is 13.9. The summed E-state index contributed by atoms with van der Waals surface area (Å²) in [5.41, 5.74) is 0. The lowest BCUT2D eigenvalue weighted by molar-refractivity contribution is -0.143. The summed E-state index contributed by atoms with van der Waals surface area (Å²) in [6, 6.07) is -0.713. The zero-order chi connectivity index (χ0) is 13.0. The summed E-state index contributed by atoms with van der Waals surface area (Å²) >= 11 is 0. The largest absolute Gasteiger partial charge is 0.480 e. The third kappa shape index (κ3) is 4.32. The molecule has 1 fully saturated rings. The van der Waals surface area contributed by atoms with Crippen LogP contribution in [0, 0.1) is 0 Å². The quantitative estimate of drug-likeness (QED) is 0.709. The van der Waals surface area contributed by atoms with Crippen LogP contribution in [0.25, 0.3) is 0 Å². The van der Waals surface area contributed by atoms with Gasteiger partial charge < -0.3 is 14.7 Å². The Hall–Kier alpha value is -1.14. The van der Waals surface area contributed by atoms with Crippen molar-refractivity contribution < 1.29 is 19.4 Å². The molecule has 0 spiro atoms. The number of carbonyl (C=O) groups is 2. The molecule has 2 N–H and O–H groups in total. The highest BCUT2D eigenvalue weighted by atomic mass is 16.5. The third-order valence-corrected chi connectivity index (χ3v) is 2.70. The zero-order valence-corrected chi connectivity index (χ0v) is 10.5. The second-order valence-corrected chi connectivity index (χ2v) is 4.50. The predicted octanol–water partition coefficient (Wildman–Crippen LogP) is -0.315. The number of carboxylic acid groups (broad SMARTS) is 1. The van der Waals surface area contributed by atoms with E-state index in [0.717, 1.165) is 0 Å². The lowest BCUT2D eigenvalue weighted by atomic mass is 10.2. The van der Waals surface area contributed by atoms with Gasteiger partial charge in [0.05, 0.1) is 18.8 Å². The summed E-state index contributed by atoms with van der Waals surface area (Å²) in [6.45, 7) is 6.53. The molecule has 2 unspecified atom stereocenters. The van der Waals surface area contributed by atoms with Crippen molar-refractivity contribution in [2.75, 3.05) is 19.6 Å². The average Bonchev–Trinajstić information content (AvgIpc) is 2.23.